The van der Waals surface area contributed by atoms with Gasteiger partial charge in [-0.05, 0) is 43.2 Å². The van der Waals surface area contributed by atoms with Gasteiger partial charge in [-0.1, -0.05) is 43.6 Å². The quantitative estimate of drug-likeness (QED) is 0.661. The van der Waals surface area contributed by atoms with Crippen molar-refractivity contribution in [3.05, 3.63) is 53.1 Å². The molecule has 28 heavy (non-hydrogen) atoms. The lowest BCUT2D eigenvalue weighted by Crippen LogP contribution is -2.38. The van der Waals surface area contributed by atoms with Crippen LogP contribution in [0.5, 0.6) is 5.75 Å². The highest BCUT2D eigenvalue weighted by Gasteiger charge is 2.26. The van der Waals surface area contributed by atoms with Crippen LogP contribution in [0, 0.1) is 0 Å². The van der Waals surface area contributed by atoms with Crippen molar-refractivity contribution in [2.45, 2.75) is 32.1 Å². The van der Waals surface area contributed by atoms with Gasteiger partial charge in [0.05, 0.1) is 23.1 Å². The van der Waals surface area contributed by atoms with Crippen LogP contribution >= 0.6 is 11.6 Å². The number of rotatable bonds is 9. The molecule has 2 aromatic rings. The van der Waals surface area contributed by atoms with Gasteiger partial charge < -0.3 is 10.1 Å². The van der Waals surface area contributed by atoms with E-state index in [1.54, 1.807) is 13.0 Å². The Hall–Kier alpha value is -2.09. The fourth-order valence-corrected chi connectivity index (χ4v) is 4.46. The molecule has 1 amide bonds. The van der Waals surface area contributed by atoms with E-state index in [9.17, 15) is 13.2 Å². The Balaban J connectivity index is 2.19. The molecule has 0 aliphatic carbocycles. The second kappa shape index (κ2) is 9.91. The lowest BCUT2D eigenvalue weighted by Gasteiger charge is -2.21. The number of hydrogen-bond acceptors (Lipinski definition) is 4. The maximum absolute atomic E-state index is 12.9. The van der Waals surface area contributed by atoms with E-state index in [1.165, 1.54) is 18.2 Å². The van der Waals surface area contributed by atoms with Gasteiger partial charge in [0.25, 0.3) is 0 Å². The summed E-state index contributed by atoms with van der Waals surface area (Å²) in [6.07, 6.45) is 0.761. The third-order valence-electron chi connectivity index (χ3n) is 4.19. The normalized spacial score (nSPS) is 11.5. The van der Waals surface area contributed by atoms with Crippen LogP contribution in [0.15, 0.2) is 47.4 Å². The van der Waals surface area contributed by atoms with Gasteiger partial charge in [0.1, 0.15) is 5.75 Å². The van der Waals surface area contributed by atoms with Crippen LogP contribution in [0.2, 0.25) is 5.02 Å². The molecule has 8 heteroatoms. The number of carbonyl (C=O) groups excluding carboxylic acids is 1. The molecule has 1 N–H and O–H groups in total. The Labute approximate surface area is 171 Å². The molecule has 0 saturated heterocycles. The molecule has 0 atom stereocenters. The molecule has 0 spiro atoms. The summed E-state index contributed by atoms with van der Waals surface area (Å²) in [5.41, 5.74) is 1.67. The van der Waals surface area contributed by atoms with Crippen molar-refractivity contribution < 1.29 is 17.9 Å². The Kier molecular flexibility index (Phi) is 7.86. The van der Waals surface area contributed by atoms with Crippen LogP contribution in [0.25, 0.3) is 0 Å². The van der Waals surface area contributed by atoms with Crippen LogP contribution in [-0.4, -0.2) is 38.3 Å². The maximum Gasteiger partial charge on any atom is 0.243 e. The average molecular weight is 425 g/mol. The molecule has 0 heterocycles. The second-order valence-corrected chi connectivity index (χ2v) is 8.36. The number of nitrogens with one attached hydrogen (secondary N) is 1. The average Bonchev–Trinajstić information content (AvgIpc) is 2.68. The molecule has 0 aromatic heterocycles. The van der Waals surface area contributed by atoms with E-state index in [1.807, 2.05) is 32.0 Å². The van der Waals surface area contributed by atoms with E-state index in [-0.39, 0.29) is 23.0 Å². The number of para-hydroxylation sites is 1. The van der Waals surface area contributed by atoms with Crippen molar-refractivity contribution in [1.29, 1.82) is 0 Å². The number of hydrogen-bond donors (Lipinski definition) is 1. The Morgan fingerprint density at radius 2 is 1.86 bits per heavy atom. The maximum atomic E-state index is 12.9. The Morgan fingerprint density at radius 1 is 1.14 bits per heavy atom. The van der Waals surface area contributed by atoms with E-state index in [4.69, 9.17) is 16.3 Å². The lowest BCUT2D eigenvalue weighted by atomic mass is 10.1. The van der Waals surface area contributed by atoms with Gasteiger partial charge in [-0.3, -0.25) is 4.79 Å². The fraction of sp³-hybridized carbons (Fsp3) is 0.350. The molecule has 2 aromatic carbocycles. The molecule has 0 radical (unpaired) electrons. The minimum atomic E-state index is -3.88. The summed E-state index contributed by atoms with van der Waals surface area (Å²) in [7, 11) is -3.88. The zero-order valence-corrected chi connectivity index (χ0v) is 17.8. The topological polar surface area (TPSA) is 75.7 Å². The van der Waals surface area contributed by atoms with Crippen molar-refractivity contribution in [2.75, 3.05) is 25.0 Å². The number of halogens is 1. The van der Waals surface area contributed by atoms with Gasteiger partial charge in [0.15, 0.2) is 0 Å². The third-order valence-corrected chi connectivity index (χ3v) is 6.40. The standard InChI is InChI=1S/C20H25ClN2O4S/c1-4-15-9-7-8-10-18(15)22-20(24)14-23(5-2)28(25,26)16-11-12-19(27-6-3)17(21)13-16/h7-13H,4-6,14H2,1-3H3,(H,22,24). The summed E-state index contributed by atoms with van der Waals surface area (Å²) in [4.78, 5) is 12.5. The number of nitrogens with zero attached hydrogens (tertiary/aromatic N) is 1. The molecular weight excluding hydrogens is 400 g/mol. The summed E-state index contributed by atoms with van der Waals surface area (Å²) < 4.78 is 32.3. The van der Waals surface area contributed by atoms with Crippen molar-refractivity contribution in [3.63, 3.8) is 0 Å². The first-order valence-electron chi connectivity index (χ1n) is 9.13. The van der Waals surface area contributed by atoms with E-state index in [0.717, 1.165) is 16.3 Å². The molecule has 0 aliphatic rings. The van der Waals surface area contributed by atoms with Crippen LogP contribution < -0.4 is 10.1 Å². The number of aryl methyl sites for hydroxylation is 1. The number of amides is 1. The molecule has 152 valence electrons. The molecular formula is C20H25ClN2O4S. The summed E-state index contributed by atoms with van der Waals surface area (Å²) in [6, 6.07) is 11.7. The van der Waals surface area contributed by atoms with Crippen LogP contribution in [0.4, 0.5) is 5.69 Å². The summed E-state index contributed by atoms with van der Waals surface area (Å²) >= 11 is 6.12. The van der Waals surface area contributed by atoms with Crippen LogP contribution in [-0.2, 0) is 21.2 Å². The molecule has 0 aliphatic heterocycles. The number of benzene rings is 2. The van der Waals surface area contributed by atoms with Crippen molar-refractivity contribution in [1.82, 2.24) is 4.31 Å². The van der Waals surface area contributed by atoms with Crippen LogP contribution in [0.1, 0.15) is 26.3 Å². The number of ether oxygens (including phenoxy) is 1. The largest absolute Gasteiger partial charge is 0.492 e. The van der Waals surface area contributed by atoms with Gasteiger partial charge >= 0.3 is 0 Å². The number of sulfonamides is 1. The van der Waals surface area contributed by atoms with E-state index >= 15 is 0 Å². The predicted octanol–water partition coefficient (Wildman–Crippen LogP) is 3.95. The minimum Gasteiger partial charge on any atom is -0.492 e. The van der Waals surface area contributed by atoms with Crippen molar-refractivity contribution in [2.24, 2.45) is 0 Å². The fourth-order valence-electron chi connectivity index (χ4n) is 2.73. The van der Waals surface area contributed by atoms with Crippen molar-refractivity contribution in [3.8, 4) is 5.75 Å². The predicted molar refractivity (Wildman–Crippen MR) is 112 cm³/mol. The summed E-state index contributed by atoms with van der Waals surface area (Å²) in [5.74, 6) is 0.0171. The van der Waals surface area contributed by atoms with Gasteiger partial charge in [-0.15, -0.1) is 0 Å². The summed E-state index contributed by atoms with van der Waals surface area (Å²) in [5, 5.41) is 3.00. The first-order valence-corrected chi connectivity index (χ1v) is 11.0. The smallest absolute Gasteiger partial charge is 0.243 e. The second-order valence-electron chi connectivity index (χ2n) is 6.02. The Bertz CT molecular complexity index is 932. The molecule has 2 rings (SSSR count). The monoisotopic (exact) mass is 424 g/mol. The van der Waals surface area contributed by atoms with Gasteiger partial charge in [0, 0.05) is 12.2 Å². The molecule has 0 unspecified atom stereocenters. The van der Waals surface area contributed by atoms with Crippen molar-refractivity contribution >= 4 is 33.2 Å². The molecule has 0 bridgehead atoms. The van der Waals surface area contributed by atoms with E-state index in [2.05, 4.69) is 5.32 Å². The van der Waals surface area contributed by atoms with E-state index < -0.39 is 15.9 Å². The molecule has 6 nitrogen and oxygen atoms in total. The zero-order chi connectivity index (χ0) is 20.7. The summed E-state index contributed by atoms with van der Waals surface area (Å²) in [6.45, 7) is 5.77. The first-order chi connectivity index (χ1) is 13.3. The third kappa shape index (κ3) is 5.25. The van der Waals surface area contributed by atoms with Gasteiger partial charge in [-0.2, -0.15) is 4.31 Å². The molecule has 0 saturated carbocycles. The Morgan fingerprint density at radius 3 is 2.46 bits per heavy atom. The van der Waals surface area contributed by atoms with Crippen LogP contribution in [0.3, 0.4) is 0 Å². The lowest BCUT2D eigenvalue weighted by molar-refractivity contribution is -0.116. The van der Waals surface area contributed by atoms with Gasteiger partial charge in [0.2, 0.25) is 15.9 Å². The SMILES string of the molecule is CCOc1ccc(S(=O)(=O)N(CC)CC(=O)Nc2ccccc2CC)cc1Cl. The highest BCUT2D eigenvalue weighted by Crippen LogP contribution is 2.28. The highest BCUT2D eigenvalue weighted by molar-refractivity contribution is 7.89. The molecule has 0 fully saturated rings. The first kappa shape index (κ1) is 22.2. The number of likely N-dealkylation sites (N-methyl/N-ethyl adjacent to an activating group) is 1. The minimum absolute atomic E-state index is 0.0181. The number of anilines is 1. The van der Waals surface area contributed by atoms with E-state index in [0.29, 0.717) is 18.0 Å². The highest BCUT2D eigenvalue weighted by atomic mass is 35.5. The zero-order valence-electron chi connectivity index (χ0n) is 16.2. The number of carbonyl (C=O) groups is 1. The van der Waals surface area contributed by atoms with Gasteiger partial charge in [-0.25, -0.2) is 8.42 Å².